The van der Waals surface area contributed by atoms with Gasteiger partial charge >= 0.3 is 0 Å². The van der Waals surface area contributed by atoms with E-state index in [4.69, 9.17) is 14.2 Å². The van der Waals surface area contributed by atoms with E-state index in [1.165, 1.54) is 37.8 Å². The molecular weight excluding hydrogens is 362 g/mol. The van der Waals surface area contributed by atoms with Gasteiger partial charge in [0.1, 0.15) is 0 Å². The van der Waals surface area contributed by atoms with Gasteiger partial charge in [-0.1, -0.05) is 51.5 Å². The van der Waals surface area contributed by atoms with Crippen molar-refractivity contribution < 1.29 is 23.0 Å². The van der Waals surface area contributed by atoms with E-state index in [1.807, 2.05) is 13.8 Å². The Kier molecular flexibility index (Phi) is 11.8. The maximum Gasteiger partial charge on any atom is 0.285 e. The molecule has 1 aromatic carbocycles. The standard InChI is InChI=1S/C23H38F2O3/c1-6-7-8-9-10-11-12-20(23(26-4,27-5)28-18(2)3)15-13-19-14-16-21(24)22(25)17-19/h14,16-18,20H,6-13,15H2,1-5H3. The zero-order valence-corrected chi connectivity index (χ0v) is 18.2. The fourth-order valence-corrected chi connectivity index (χ4v) is 3.64. The average molecular weight is 401 g/mol. The molecule has 0 fully saturated rings. The van der Waals surface area contributed by atoms with Crippen molar-refractivity contribution in [1.29, 1.82) is 0 Å². The third kappa shape index (κ3) is 8.14. The molecule has 0 radical (unpaired) electrons. The molecule has 0 aliphatic carbocycles. The van der Waals surface area contributed by atoms with E-state index in [0.29, 0.717) is 12.8 Å². The third-order valence-corrected chi connectivity index (χ3v) is 5.14. The first kappa shape index (κ1) is 25.0. The molecule has 0 saturated heterocycles. The Bertz CT molecular complexity index is 545. The van der Waals surface area contributed by atoms with Crippen molar-refractivity contribution in [2.24, 2.45) is 5.92 Å². The largest absolute Gasteiger partial charge is 0.331 e. The van der Waals surface area contributed by atoms with Crippen LogP contribution in [0.1, 0.15) is 77.7 Å². The van der Waals surface area contributed by atoms with Crippen LogP contribution in [-0.4, -0.2) is 26.3 Å². The molecule has 0 aromatic heterocycles. The summed E-state index contributed by atoms with van der Waals surface area (Å²) < 4.78 is 44.2. The molecule has 0 heterocycles. The monoisotopic (exact) mass is 400 g/mol. The number of unbranched alkanes of at least 4 members (excludes halogenated alkanes) is 5. The first-order valence-corrected chi connectivity index (χ1v) is 10.6. The number of ether oxygens (including phenoxy) is 3. The fraction of sp³-hybridized carbons (Fsp3) is 0.739. The van der Waals surface area contributed by atoms with E-state index in [2.05, 4.69) is 6.92 Å². The molecule has 0 amide bonds. The number of rotatable bonds is 15. The molecular formula is C23H38F2O3. The fourth-order valence-electron chi connectivity index (χ4n) is 3.64. The van der Waals surface area contributed by atoms with Crippen LogP contribution >= 0.6 is 0 Å². The maximum absolute atomic E-state index is 13.5. The second kappa shape index (κ2) is 13.2. The molecule has 1 atom stereocenters. The number of aryl methyl sites for hydroxylation is 1. The van der Waals surface area contributed by atoms with Gasteiger partial charge in [-0.2, -0.15) is 0 Å². The lowest BCUT2D eigenvalue weighted by Gasteiger charge is -2.39. The van der Waals surface area contributed by atoms with Crippen molar-refractivity contribution in [3.05, 3.63) is 35.4 Å². The molecule has 5 heteroatoms. The Morgan fingerprint density at radius 3 is 2.11 bits per heavy atom. The minimum absolute atomic E-state index is 0.0100. The summed E-state index contributed by atoms with van der Waals surface area (Å²) >= 11 is 0. The van der Waals surface area contributed by atoms with Gasteiger partial charge in [-0.3, -0.25) is 0 Å². The molecule has 0 N–H and O–H groups in total. The Hall–Kier alpha value is -1.04. The number of hydrogen-bond acceptors (Lipinski definition) is 3. The molecule has 3 nitrogen and oxygen atoms in total. The molecule has 0 bridgehead atoms. The second-order valence-electron chi connectivity index (χ2n) is 7.72. The molecule has 28 heavy (non-hydrogen) atoms. The van der Waals surface area contributed by atoms with Crippen molar-refractivity contribution >= 4 is 0 Å². The second-order valence-corrected chi connectivity index (χ2v) is 7.72. The molecule has 0 spiro atoms. The molecule has 0 aliphatic heterocycles. The first-order chi connectivity index (χ1) is 13.4. The summed E-state index contributed by atoms with van der Waals surface area (Å²) in [7, 11) is 3.19. The molecule has 162 valence electrons. The van der Waals surface area contributed by atoms with Gasteiger partial charge in [0.2, 0.25) is 0 Å². The lowest BCUT2D eigenvalue weighted by atomic mass is 9.91. The Morgan fingerprint density at radius 1 is 0.893 bits per heavy atom. The summed E-state index contributed by atoms with van der Waals surface area (Å²) in [5.74, 6) is -2.77. The van der Waals surface area contributed by atoms with Gasteiger partial charge in [-0.05, 0) is 50.8 Å². The van der Waals surface area contributed by atoms with Crippen molar-refractivity contribution in [1.82, 2.24) is 0 Å². The van der Waals surface area contributed by atoms with Crippen LogP contribution in [0, 0.1) is 17.6 Å². The molecule has 0 aliphatic rings. The van der Waals surface area contributed by atoms with Crippen molar-refractivity contribution in [2.45, 2.75) is 90.6 Å². The maximum atomic E-state index is 13.5. The highest BCUT2D eigenvalue weighted by atomic mass is 19.2. The predicted octanol–water partition coefficient (Wildman–Crippen LogP) is 6.64. The van der Waals surface area contributed by atoms with Gasteiger partial charge in [0.25, 0.3) is 5.97 Å². The van der Waals surface area contributed by atoms with E-state index in [1.54, 1.807) is 20.3 Å². The lowest BCUT2D eigenvalue weighted by molar-refractivity contribution is -0.399. The average Bonchev–Trinajstić information content (AvgIpc) is 2.67. The summed E-state index contributed by atoms with van der Waals surface area (Å²) in [6, 6.07) is 4.07. The Balaban J connectivity index is 2.81. The number of methoxy groups -OCH3 is 2. The molecule has 1 aromatic rings. The molecule has 0 saturated carbocycles. The van der Waals surface area contributed by atoms with Gasteiger partial charge in [-0.15, -0.1) is 0 Å². The topological polar surface area (TPSA) is 27.7 Å². The third-order valence-electron chi connectivity index (χ3n) is 5.14. The van der Waals surface area contributed by atoms with E-state index in [-0.39, 0.29) is 12.0 Å². The van der Waals surface area contributed by atoms with Crippen LogP contribution in [0.5, 0.6) is 0 Å². The van der Waals surface area contributed by atoms with Crippen LogP contribution in [0.2, 0.25) is 0 Å². The summed E-state index contributed by atoms with van der Waals surface area (Å²) in [5.41, 5.74) is 0.762. The van der Waals surface area contributed by atoms with Crippen molar-refractivity contribution in [2.75, 3.05) is 14.2 Å². The van der Waals surface area contributed by atoms with E-state index in [9.17, 15) is 8.78 Å². The van der Waals surface area contributed by atoms with E-state index >= 15 is 0 Å². The minimum atomic E-state index is -1.13. The number of halogens is 2. The summed E-state index contributed by atoms with van der Waals surface area (Å²) in [4.78, 5) is 0. The highest BCUT2D eigenvalue weighted by Gasteiger charge is 2.41. The zero-order valence-electron chi connectivity index (χ0n) is 18.2. The van der Waals surface area contributed by atoms with Gasteiger partial charge in [-0.25, -0.2) is 8.78 Å². The minimum Gasteiger partial charge on any atom is -0.331 e. The number of benzene rings is 1. The summed E-state index contributed by atoms with van der Waals surface area (Å²) in [6.07, 6.45) is 9.35. The highest BCUT2D eigenvalue weighted by Crippen LogP contribution is 2.34. The van der Waals surface area contributed by atoms with E-state index < -0.39 is 17.6 Å². The van der Waals surface area contributed by atoms with Gasteiger partial charge in [0.05, 0.1) is 6.10 Å². The normalized spacial score (nSPS) is 13.3. The smallest absolute Gasteiger partial charge is 0.285 e. The van der Waals surface area contributed by atoms with Crippen LogP contribution in [0.15, 0.2) is 18.2 Å². The van der Waals surface area contributed by atoms with Crippen LogP contribution < -0.4 is 0 Å². The quantitative estimate of drug-likeness (QED) is 0.244. The number of hydrogen-bond donors (Lipinski definition) is 0. The Morgan fingerprint density at radius 2 is 1.54 bits per heavy atom. The van der Waals surface area contributed by atoms with Crippen LogP contribution in [-0.2, 0) is 20.6 Å². The zero-order chi connectivity index (χ0) is 21.0. The predicted molar refractivity (Wildman–Crippen MR) is 109 cm³/mol. The van der Waals surface area contributed by atoms with Crippen molar-refractivity contribution in [3.63, 3.8) is 0 Å². The van der Waals surface area contributed by atoms with Gasteiger partial charge < -0.3 is 14.2 Å². The van der Waals surface area contributed by atoms with Crippen LogP contribution in [0.4, 0.5) is 8.78 Å². The molecule has 1 rings (SSSR count). The van der Waals surface area contributed by atoms with Crippen LogP contribution in [0.3, 0.4) is 0 Å². The van der Waals surface area contributed by atoms with E-state index in [0.717, 1.165) is 24.8 Å². The van der Waals surface area contributed by atoms with Gasteiger partial charge in [0.15, 0.2) is 11.6 Å². The highest BCUT2D eigenvalue weighted by molar-refractivity contribution is 5.17. The first-order valence-electron chi connectivity index (χ1n) is 10.6. The van der Waals surface area contributed by atoms with Crippen LogP contribution in [0.25, 0.3) is 0 Å². The lowest BCUT2D eigenvalue weighted by Crippen LogP contribution is -2.46. The molecule has 1 unspecified atom stereocenters. The van der Waals surface area contributed by atoms with Gasteiger partial charge in [0, 0.05) is 20.1 Å². The SMILES string of the molecule is CCCCCCCCC(CCc1ccc(F)c(F)c1)C(OC)(OC)OC(C)C. The summed E-state index contributed by atoms with van der Waals surface area (Å²) in [5, 5.41) is 0. The Labute approximate surface area is 169 Å². The summed E-state index contributed by atoms with van der Waals surface area (Å²) in [6.45, 7) is 6.11. The van der Waals surface area contributed by atoms with Crippen molar-refractivity contribution in [3.8, 4) is 0 Å².